The van der Waals surface area contributed by atoms with E-state index in [9.17, 15) is 14.4 Å². The summed E-state index contributed by atoms with van der Waals surface area (Å²) in [6, 6.07) is 21.8. The molecule has 0 aliphatic heterocycles. The molecule has 2 N–H and O–H groups in total. The van der Waals surface area contributed by atoms with E-state index >= 15 is 0 Å². The Hall–Kier alpha value is -3.93. The first-order valence-electron chi connectivity index (χ1n) is 8.57. The van der Waals surface area contributed by atoms with Crippen molar-refractivity contribution in [1.29, 1.82) is 0 Å². The van der Waals surface area contributed by atoms with Crippen LogP contribution in [0.3, 0.4) is 0 Å². The first-order chi connectivity index (χ1) is 13.5. The van der Waals surface area contributed by atoms with Gasteiger partial charge in [-0.25, -0.2) is 4.79 Å². The molecule has 0 fully saturated rings. The summed E-state index contributed by atoms with van der Waals surface area (Å²) >= 11 is 0. The molecule has 3 aromatic rings. The van der Waals surface area contributed by atoms with Crippen molar-refractivity contribution in [2.45, 2.75) is 6.92 Å². The van der Waals surface area contributed by atoms with E-state index in [1.807, 2.05) is 6.07 Å². The van der Waals surface area contributed by atoms with Crippen LogP contribution in [0.2, 0.25) is 0 Å². The van der Waals surface area contributed by atoms with Crippen LogP contribution >= 0.6 is 0 Å². The fourth-order valence-electron chi connectivity index (χ4n) is 2.46. The van der Waals surface area contributed by atoms with Crippen LogP contribution in [0.1, 0.15) is 27.6 Å². The summed E-state index contributed by atoms with van der Waals surface area (Å²) in [4.78, 5) is 35.4. The van der Waals surface area contributed by atoms with Crippen molar-refractivity contribution in [2.24, 2.45) is 0 Å². The fourth-order valence-corrected chi connectivity index (χ4v) is 2.46. The lowest BCUT2D eigenvalue weighted by Gasteiger charge is -2.08. The Labute approximate surface area is 162 Å². The van der Waals surface area contributed by atoms with E-state index in [0.717, 1.165) is 0 Å². The summed E-state index contributed by atoms with van der Waals surface area (Å²) in [6.45, 7) is 1.41. The lowest BCUT2D eigenvalue weighted by atomic mass is 10.2. The van der Waals surface area contributed by atoms with Gasteiger partial charge in [0.05, 0.1) is 5.56 Å². The molecule has 3 aromatic carbocycles. The summed E-state index contributed by atoms with van der Waals surface area (Å²) in [5.41, 5.74) is 2.10. The minimum atomic E-state index is -0.518. The van der Waals surface area contributed by atoms with Gasteiger partial charge in [0.2, 0.25) is 5.91 Å². The quantitative estimate of drug-likeness (QED) is 0.520. The van der Waals surface area contributed by atoms with Gasteiger partial charge >= 0.3 is 5.97 Å². The van der Waals surface area contributed by atoms with Gasteiger partial charge in [0.25, 0.3) is 5.91 Å². The number of benzene rings is 3. The van der Waals surface area contributed by atoms with Crippen molar-refractivity contribution in [3.8, 4) is 5.75 Å². The molecule has 6 heteroatoms. The third-order valence-electron chi connectivity index (χ3n) is 3.80. The minimum absolute atomic E-state index is 0.185. The predicted octanol–water partition coefficient (Wildman–Crippen LogP) is 4.12. The molecule has 3 rings (SSSR count). The summed E-state index contributed by atoms with van der Waals surface area (Å²) < 4.78 is 5.33. The highest BCUT2D eigenvalue weighted by molar-refractivity contribution is 6.04. The second-order valence-corrected chi connectivity index (χ2v) is 5.99. The number of carbonyl (C=O) groups excluding carboxylic acids is 3. The smallest absolute Gasteiger partial charge is 0.343 e. The normalized spacial score (nSPS) is 10.0. The number of hydrogen-bond acceptors (Lipinski definition) is 4. The number of nitrogens with one attached hydrogen (secondary N) is 2. The highest BCUT2D eigenvalue weighted by Gasteiger charge is 2.10. The maximum Gasteiger partial charge on any atom is 0.343 e. The van der Waals surface area contributed by atoms with E-state index in [1.54, 1.807) is 72.8 Å². The van der Waals surface area contributed by atoms with Crippen molar-refractivity contribution in [2.75, 3.05) is 10.6 Å². The molecule has 0 aliphatic carbocycles. The largest absolute Gasteiger partial charge is 0.423 e. The molecule has 0 saturated heterocycles. The van der Waals surface area contributed by atoms with Gasteiger partial charge in [-0.1, -0.05) is 18.2 Å². The average molecular weight is 374 g/mol. The van der Waals surface area contributed by atoms with Crippen molar-refractivity contribution in [3.05, 3.63) is 90.0 Å². The Morgan fingerprint density at radius 1 is 0.679 bits per heavy atom. The molecular formula is C22H18N2O4. The van der Waals surface area contributed by atoms with Crippen LogP contribution in [0.5, 0.6) is 5.75 Å². The van der Waals surface area contributed by atoms with Crippen LogP contribution in [-0.4, -0.2) is 17.8 Å². The number of rotatable bonds is 5. The van der Waals surface area contributed by atoms with E-state index in [0.29, 0.717) is 28.3 Å². The lowest BCUT2D eigenvalue weighted by Crippen LogP contribution is -2.12. The highest BCUT2D eigenvalue weighted by atomic mass is 16.5. The van der Waals surface area contributed by atoms with Crippen LogP contribution in [0.25, 0.3) is 0 Å². The standard InChI is InChI=1S/C22H18N2O4/c1-15(25)23-18-9-7-17(8-10-18)22(27)28-20-13-11-19(12-14-20)24-21(26)16-5-3-2-4-6-16/h2-14H,1H3,(H,23,25)(H,24,26). The van der Waals surface area contributed by atoms with E-state index in [-0.39, 0.29) is 11.8 Å². The molecule has 0 saturated carbocycles. The van der Waals surface area contributed by atoms with E-state index < -0.39 is 5.97 Å². The van der Waals surface area contributed by atoms with Gasteiger partial charge in [0, 0.05) is 23.9 Å². The second-order valence-electron chi connectivity index (χ2n) is 5.99. The zero-order valence-electron chi connectivity index (χ0n) is 15.1. The summed E-state index contributed by atoms with van der Waals surface area (Å²) in [5.74, 6) is -0.566. The first-order valence-corrected chi connectivity index (χ1v) is 8.57. The monoisotopic (exact) mass is 374 g/mol. The van der Waals surface area contributed by atoms with Gasteiger partial charge < -0.3 is 15.4 Å². The van der Waals surface area contributed by atoms with Gasteiger partial charge in [-0.2, -0.15) is 0 Å². The Bertz CT molecular complexity index is 981. The zero-order valence-corrected chi connectivity index (χ0v) is 15.1. The maximum atomic E-state index is 12.2. The second kappa shape index (κ2) is 8.64. The van der Waals surface area contributed by atoms with Gasteiger partial charge in [-0.05, 0) is 60.7 Å². The first kappa shape index (κ1) is 18.8. The SMILES string of the molecule is CC(=O)Nc1ccc(C(=O)Oc2ccc(NC(=O)c3ccccc3)cc2)cc1. The molecule has 28 heavy (non-hydrogen) atoms. The van der Waals surface area contributed by atoms with Crippen LogP contribution in [-0.2, 0) is 4.79 Å². The van der Waals surface area contributed by atoms with E-state index in [4.69, 9.17) is 4.74 Å². The molecule has 0 unspecified atom stereocenters. The van der Waals surface area contributed by atoms with E-state index in [1.165, 1.54) is 6.92 Å². The van der Waals surface area contributed by atoms with Gasteiger partial charge in [0.1, 0.15) is 5.75 Å². The van der Waals surface area contributed by atoms with Gasteiger partial charge in [-0.15, -0.1) is 0 Å². The summed E-state index contributed by atoms with van der Waals surface area (Å²) in [7, 11) is 0. The molecule has 0 spiro atoms. The van der Waals surface area contributed by atoms with Crippen LogP contribution in [0.4, 0.5) is 11.4 Å². The Kier molecular flexibility index (Phi) is 5.81. The van der Waals surface area contributed by atoms with Crippen LogP contribution in [0, 0.1) is 0 Å². The summed E-state index contributed by atoms with van der Waals surface area (Å²) in [5, 5.41) is 5.41. The molecule has 6 nitrogen and oxygen atoms in total. The maximum absolute atomic E-state index is 12.2. The van der Waals surface area contributed by atoms with Gasteiger partial charge in [-0.3, -0.25) is 9.59 Å². The lowest BCUT2D eigenvalue weighted by molar-refractivity contribution is -0.114. The van der Waals surface area contributed by atoms with E-state index in [2.05, 4.69) is 10.6 Å². The predicted molar refractivity (Wildman–Crippen MR) is 107 cm³/mol. The van der Waals surface area contributed by atoms with Crippen molar-refractivity contribution in [1.82, 2.24) is 0 Å². The number of anilines is 2. The fraction of sp³-hybridized carbons (Fsp3) is 0.0455. The molecule has 0 radical (unpaired) electrons. The topological polar surface area (TPSA) is 84.5 Å². The molecule has 0 bridgehead atoms. The molecule has 2 amide bonds. The number of carbonyl (C=O) groups is 3. The van der Waals surface area contributed by atoms with Crippen LogP contribution < -0.4 is 15.4 Å². The Morgan fingerprint density at radius 2 is 1.25 bits per heavy atom. The summed E-state index contributed by atoms with van der Waals surface area (Å²) in [6.07, 6.45) is 0. The third kappa shape index (κ3) is 5.04. The Morgan fingerprint density at radius 3 is 1.86 bits per heavy atom. The number of amides is 2. The molecule has 0 aromatic heterocycles. The zero-order chi connectivity index (χ0) is 19.9. The van der Waals surface area contributed by atoms with Crippen molar-refractivity contribution < 1.29 is 19.1 Å². The van der Waals surface area contributed by atoms with Crippen molar-refractivity contribution in [3.63, 3.8) is 0 Å². The van der Waals surface area contributed by atoms with Crippen LogP contribution in [0.15, 0.2) is 78.9 Å². The molecular weight excluding hydrogens is 356 g/mol. The molecule has 0 atom stereocenters. The average Bonchev–Trinajstić information content (AvgIpc) is 2.70. The third-order valence-corrected chi connectivity index (χ3v) is 3.80. The molecule has 140 valence electrons. The number of ether oxygens (including phenoxy) is 1. The minimum Gasteiger partial charge on any atom is -0.423 e. The highest BCUT2D eigenvalue weighted by Crippen LogP contribution is 2.18. The number of hydrogen-bond donors (Lipinski definition) is 2. The Balaban J connectivity index is 1.60. The molecule has 0 heterocycles. The molecule has 0 aliphatic rings. The van der Waals surface area contributed by atoms with Gasteiger partial charge in [0.15, 0.2) is 0 Å². The van der Waals surface area contributed by atoms with Crippen molar-refractivity contribution >= 4 is 29.2 Å². The number of esters is 1.